The van der Waals surface area contributed by atoms with Crippen molar-refractivity contribution in [3.63, 3.8) is 0 Å². The molecule has 4 rings (SSSR count). The molecule has 0 aliphatic carbocycles. The van der Waals surface area contributed by atoms with Crippen molar-refractivity contribution in [2.45, 2.75) is 37.0 Å². The average molecular weight is 366 g/mol. The second kappa shape index (κ2) is 6.87. The van der Waals surface area contributed by atoms with Gasteiger partial charge in [-0.05, 0) is 19.1 Å². The molecular weight excluding hydrogens is 348 g/mol. The van der Waals surface area contributed by atoms with Gasteiger partial charge in [-0.3, -0.25) is 0 Å². The molecule has 0 N–H and O–H groups in total. The maximum Gasteiger partial charge on any atom is 0.239 e. The van der Waals surface area contributed by atoms with Gasteiger partial charge < -0.3 is 4.52 Å². The van der Waals surface area contributed by atoms with Gasteiger partial charge in [0.2, 0.25) is 5.89 Å². The Bertz CT molecular complexity index is 1030. The number of hydrogen-bond donors (Lipinski definition) is 0. The van der Waals surface area contributed by atoms with E-state index < -0.39 is 0 Å². The highest BCUT2D eigenvalue weighted by Crippen LogP contribution is 2.36. The van der Waals surface area contributed by atoms with Gasteiger partial charge >= 0.3 is 0 Å². The topological polar surface area (TPSA) is 82.5 Å². The van der Waals surface area contributed by atoms with Crippen molar-refractivity contribution in [2.75, 3.05) is 0 Å². The summed E-state index contributed by atoms with van der Waals surface area (Å²) in [5.41, 5.74) is 1.73. The molecule has 0 saturated carbocycles. The second-order valence-corrected chi connectivity index (χ2v) is 7.54. The summed E-state index contributed by atoms with van der Waals surface area (Å²) in [7, 11) is 0. The summed E-state index contributed by atoms with van der Waals surface area (Å²) in [6.45, 7) is 6.11. The zero-order valence-corrected chi connectivity index (χ0v) is 15.5. The molecule has 4 aromatic rings. The van der Waals surface area contributed by atoms with E-state index in [1.54, 1.807) is 24.3 Å². The van der Waals surface area contributed by atoms with Gasteiger partial charge in [0.1, 0.15) is 11.4 Å². The smallest absolute Gasteiger partial charge is 0.239 e. The molecule has 3 heterocycles. The maximum atomic E-state index is 5.40. The molecule has 0 fully saturated rings. The Morgan fingerprint density at radius 3 is 2.62 bits per heavy atom. The van der Waals surface area contributed by atoms with Crippen LogP contribution in [0.5, 0.6) is 0 Å². The molecule has 0 bridgehead atoms. The van der Waals surface area contributed by atoms with Crippen LogP contribution in [0, 0.1) is 0 Å². The number of benzene rings is 1. The van der Waals surface area contributed by atoms with Crippen molar-refractivity contribution in [2.24, 2.45) is 0 Å². The molecule has 8 heteroatoms. The number of fused-ring (bicyclic) bond motifs is 1. The van der Waals surface area contributed by atoms with Crippen molar-refractivity contribution in [3.8, 4) is 5.69 Å². The number of aromatic nitrogens is 6. The molecule has 132 valence electrons. The van der Waals surface area contributed by atoms with Crippen LogP contribution in [-0.2, 0) is 0 Å². The van der Waals surface area contributed by atoms with E-state index in [-0.39, 0.29) is 11.2 Å². The predicted molar refractivity (Wildman–Crippen MR) is 99.3 cm³/mol. The molecule has 0 amide bonds. The number of hydrogen-bond acceptors (Lipinski definition) is 7. The van der Waals surface area contributed by atoms with E-state index in [4.69, 9.17) is 4.52 Å². The van der Waals surface area contributed by atoms with E-state index in [9.17, 15) is 0 Å². The van der Waals surface area contributed by atoms with Gasteiger partial charge in [0.15, 0.2) is 11.5 Å². The Hall–Kier alpha value is -2.74. The van der Waals surface area contributed by atoms with Crippen molar-refractivity contribution < 1.29 is 4.52 Å². The van der Waals surface area contributed by atoms with Crippen LogP contribution in [0.1, 0.15) is 43.7 Å². The third kappa shape index (κ3) is 3.08. The third-order valence-corrected chi connectivity index (χ3v) is 5.04. The number of rotatable bonds is 5. The summed E-state index contributed by atoms with van der Waals surface area (Å²) in [6, 6.07) is 9.92. The summed E-state index contributed by atoms with van der Waals surface area (Å²) in [5, 5.41) is 10.2. The number of nitrogens with zero attached hydrogens (tertiary/aromatic N) is 6. The molecule has 26 heavy (non-hydrogen) atoms. The monoisotopic (exact) mass is 366 g/mol. The summed E-state index contributed by atoms with van der Waals surface area (Å²) >= 11 is 1.56. The lowest BCUT2D eigenvalue weighted by Gasteiger charge is -2.07. The standard InChI is InChI=1S/C18H18N6OS/c1-11(2)15-22-17(25-23-15)12(3)26-18-14-9-21-24(16(14)19-10-20-18)13-7-5-4-6-8-13/h4-12H,1-3H3. The fourth-order valence-electron chi connectivity index (χ4n) is 2.54. The summed E-state index contributed by atoms with van der Waals surface area (Å²) in [4.78, 5) is 13.3. The largest absolute Gasteiger partial charge is 0.338 e. The van der Waals surface area contributed by atoms with Crippen LogP contribution < -0.4 is 0 Å². The van der Waals surface area contributed by atoms with E-state index in [0.29, 0.717) is 5.89 Å². The SMILES string of the molecule is CC(C)c1noc(C(C)Sc2ncnc3c2cnn3-c2ccccc2)n1. The molecule has 3 aromatic heterocycles. The van der Waals surface area contributed by atoms with Crippen molar-refractivity contribution >= 4 is 22.8 Å². The van der Waals surface area contributed by atoms with Crippen LogP contribution in [0.3, 0.4) is 0 Å². The predicted octanol–water partition coefficient (Wildman–Crippen LogP) is 4.18. The van der Waals surface area contributed by atoms with Crippen LogP contribution in [0.25, 0.3) is 16.7 Å². The summed E-state index contributed by atoms with van der Waals surface area (Å²) < 4.78 is 7.22. The molecule has 1 atom stereocenters. The molecule has 1 unspecified atom stereocenters. The average Bonchev–Trinajstić information content (AvgIpc) is 3.30. The van der Waals surface area contributed by atoms with Crippen LogP contribution in [0.15, 0.2) is 52.4 Å². The molecular formula is C18H18N6OS. The Morgan fingerprint density at radius 2 is 1.88 bits per heavy atom. The lowest BCUT2D eigenvalue weighted by molar-refractivity contribution is 0.373. The Balaban J connectivity index is 1.65. The lowest BCUT2D eigenvalue weighted by atomic mass is 10.2. The molecule has 0 aliphatic heterocycles. The number of thioether (sulfide) groups is 1. The van der Waals surface area contributed by atoms with Crippen LogP contribution >= 0.6 is 11.8 Å². The van der Waals surface area contributed by atoms with Crippen molar-refractivity contribution in [1.82, 2.24) is 29.9 Å². The molecule has 0 aliphatic rings. The minimum atomic E-state index is -0.0202. The second-order valence-electron chi connectivity index (χ2n) is 6.21. The molecule has 1 aromatic carbocycles. The van der Waals surface area contributed by atoms with Crippen molar-refractivity contribution in [3.05, 3.63) is 54.6 Å². The van der Waals surface area contributed by atoms with Gasteiger partial charge in [-0.15, -0.1) is 0 Å². The highest BCUT2D eigenvalue weighted by atomic mass is 32.2. The van der Waals surface area contributed by atoms with Gasteiger partial charge in [0.05, 0.1) is 22.5 Å². The van der Waals surface area contributed by atoms with Gasteiger partial charge in [-0.2, -0.15) is 10.1 Å². The zero-order valence-electron chi connectivity index (χ0n) is 14.7. The first-order chi connectivity index (χ1) is 12.6. The van der Waals surface area contributed by atoms with Crippen molar-refractivity contribution in [1.29, 1.82) is 0 Å². The van der Waals surface area contributed by atoms with Gasteiger partial charge in [-0.1, -0.05) is 49.0 Å². The van der Waals surface area contributed by atoms with Crippen LogP contribution in [0.4, 0.5) is 0 Å². The molecule has 0 radical (unpaired) electrons. The summed E-state index contributed by atoms with van der Waals surface area (Å²) in [6.07, 6.45) is 3.36. The maximum absolute atomic E-state index is 5.40. The first-order valence-electron chi connectivity index (χ1n) is 8.38. The van der Waals surface area contributed by atoms with E-state index >= 15 is 0 Å². The minimum absolute atomic E-state index is 0.0202. The Labute approximate surface area is 154 Å². The molecule has 0 spiro atoms. The minimum Gasteiger partial charge on any atom is -0.338 e. The van der Waals surface area contributed by atoms with E-state index in [0.717, 1.165) is 27.6 Å². The fourth-order valence-corrected chi connectivity index (χ4v) is 3.45. The zero-order chi connectivity index (χ0) is 18.1. The highest BCUT2D eigenvalue weighted by Gasteiger charge is 2.20. The first-order valence-corrected chi connectivity index (χ1v) is 9.25. The van der Waals surface area contributed by atoms with E-state index in [1.165, 1.54) is 0 Å². The van der Waals surface area contributed by atoms with Gasteiger partial charge in [-0.25, -0.2) is 14.6 Å². The number of para-hydroxylation sites is 1. The van der Waals surface area contributed by atoms with Crippen LogP contribution in [0.2, 0.25) is 0 Å². The summed E-state index contributed by atoms with van der Waals surface area (Å²) in [5.74, 6) is 1.55. The van der Waals surface area contributed by atoms with E-state index in [2.05, 4.69) is 25.2 Å². The fraction of sp³-hybridized carbons (Fsp3) is 0.278. The van der Waals surface area contributed by atoms with Crippen LogP contribution in [-0.4, -0.2) is 29.9 Å². The normalized spacial score (nSPS) is 12.8. The van der Waals surface area contributed by atoms with Gasteiger partial charge in [0, 0.05) is 5.92 Å². The third-order valence-electron chi connectivity index (χ3n) is 3.94. The quantitative estimate of drug-likeness (QED) is 0.387. The van der Waals surface area contributed by atoms with E-state index in [1.807, 2.05) is 55.8 Å². The first kappa shape index (κ1) is 16.7. The highest BCUT2D eigenvalue weighted by molar-refractivity contribution is 7.99. The molecule has 0 saturated heterocycles. The molecule has 7 nitrogen and oxygen atoms in total. The Morgan fingerprint density at radius 1 is 1.08 bits per heavy atom. The Kier molecular flexibility index (Phi) is 4.42. The van der Waals surface area contributed by atoms with Gasteiger partial charge in [0.25, 0.3) is 0 Å². The lowest BCUT2D eigenvalue weighted by Crippen LogP contribution is -1.98.